The molecule has 7 nitrogen and oxygen atoms in total. The molecule has 2 rings (SSSR count). The smallest absolute Gasteiger partial charge is 0.335 e. The largest absolute Gasteiger partial charge is 0.479 e. The summed E-state index contributed by atoms with van der Waals surface area (Å²) in [6.07, 6.45) is -3.65. The number of halogens is 2. The van der Waals surface area contributed by atoms with Crippen molar-refractivity contribution in [2.24, 2.45) is 5.73 Å². The molecule has 1 saturated carbocycles. The fraction of sp³-hybridized carbons (Fsp3) is 0.385. The maximum Gasteiger partial charge on any atom is 0.335 e. The van der Waals surface area contributed by atoms with Gasteiger partial charge in [-0.15, -0.1) is 0 Å². The lowest BCUT2D eigenvalue weighted by Crippen LogP contribution is -2.39. The first-order valence-corrected chi connectivity index (χ1v) is 6.17. The second-order valence-corrected chi connectivity index (χ2v) is 4.75. The zero-order valence-corrected chi connectivity index (χ0v) is 11.2. The number of hydrogen-bond donors (Lipinski definition) is 5. The van der Waals surface area contributed by atoms with Crippen LogP contribution in [0.3, 0.4) is 0 Å². The number of benzene rings is 1. The summed E-state index contributed by atoms with van der Waals surface area (Å²) in [6, 6.07) is 4.10. The van der Waals surface area contributed by atoms with Gasteiger partial charge in [0.05, 0.1) is 0 Å². The van der Waals surface area contributed by atoms with E-state index in [1.54, 1.807) is 6.07 Å². The van der Waals surface area contributed by atoms with Crippen molar-refractivity contribution in [1.82, 2.24) is 0 Å². The van der Waals surface area contributed by atoms with E-state index in [9.17, 15) is 18.4 Å². The van der Waals surface area contributed by atoms with Gasteiger partial charge >= 0.3 is 11.9 Å². The van der Waals surface area contributed by atoms with Crippen LogP contribution in [0.1, 0.15) is 17.9 Å². The Morgan fingerprint density at radius 3 is 1.86 bits per heavy atom. The number of hydrogen-bond acceptors (Lipinski definition) is 5. The van der Waals surface area contributed by atoms with E-state index < -0.39 is 35.8 Å². The minimum Gasteiger partial charge on any atom is -0.479 e. The molecule has 0 aromatic heterocycles. The summed E-state index contributed by atoms with van der Waals surface area (Å²) in [5.74, 6) is -4.88. The van der Waals surface area contributed by atoms with Crippen LogP contribution in [0.15, 0.2) is 18.2 Å². The molecule has 1 aromatic rings. The summed E-state index contributed by atoms with van der Waals surface area (Å²) < 4.78 is 25.2. The van der Waals surface area contributed by atoms with Crippen LogP contribution in [-0.2, 0) is 9.59 Å². The number of rotatable bonds is 4. The van der Waals surface area contributed by atoms with Crippen LogP contribution in [0, 0.1) is 11.6 Å². The highest BCUT2D eigenvalue weighted by molar-refractivity contribution is 5.83. The van der Waals surface area contributed by atoms with Gasteiger partial charge in [-0.25, -0.2) is 18.4 Å². The Morgan fingerprint density at radius 2 is 1.55 bits per heavy atom. The molecular formula is C13H15F2NO6. The summed E-state index contributed by atoms with van der Waals surface area (Å²) in [5, 5.41) is 32.5. The lowest BCUT2D eigenvalue weighted by Gasteiger charge is -2.07. The first-order valence-electron chi connectivity index (χ1n) is 6.17. The lowest BCUT2D eigenvalue weighted by atomic mass is 10.1. The van der Waals surface area contributed by atoms with Gasteiger partial charge in [0, 0.05) is 12.0 Å². The molecule has 0 saturated heterocycles. The summed E-state index contributed by atoms with van der Waals surface area (Å²) in [4.78, 5) is 19.5. The van der Waals surface area contributed by atoms with Crippen LogP contribution >= 0.6 is 0 Å². The van der Waals surface area contributed by atoms with E-state index in [2.05, 4.69) is 0 Å². The molecule has 22 heavy (non-hydrogen) atoms. The van der Waals surface area contributed by atoms with E-state index in [4.69, 9.17) is 26.2 Å². The van der Waals surface area contributed by atoms with E-state index in [0.29, 0.717) is 0 Å². The Labute approximate surface area is 123 Å². The van der Waals surface area contributed by atoms with Gasteiger partial charge in [0.25, 0.3) is 0 Å². The van der Waals surface area contributed by atoms with Crippen molar-refractivity contribution in [2.75, 3.05) is 0 Å². The first-order chi connectivity index (χ1) is 10.1. The summed E-state index contributed by atoms with van der Waals surface area (Å²) >= 11 is 0. The van der Waals surface area contributed by atoms with Gasteiger partial charge in [-0.3, -0.25) is 0 Å². The van der Waals surface area contributed by atoms with Crippen molar-refractivity contribution in [2.45, 2.75) is 30.6 Å². The highest BCUT2D eigenvalue weighted by Crippen LogP contribution is 2.39. The van der Waals surface area contributed by atoms with Gasteiger partial charge < -0.3 is 26.2 Å². The zero-order valence-electron chi connectivity index (χ0n) is 11.2. The number of carboxylic acids is 2. The Kier molecular flexibility index (Phi) is 5.92. The molecule has 1 aliphatic carbocycles. The van der Waals surface area contributed by atoms with Gasteiger partial charge in [-0.1, -0.05) is 6.07 Å². The van der Waals surface area contributed by atoms with Gasteiger partial charge in [0.1, 0.15) is 0 Å². The fourth-order valence-corrected chi connectivity index (χ4v) is 1.61. The van der Waals surface area contributed by atoms with Crippen molar-refractivity contribution in [1.29, 1.82) is 0 Å². The highest BCUT2D eigenvalue weighted by atomic mass is 19.2. The predicted molar refractivity (Wildman–Crippen MR) is 69.0 cm³/mol. The number of aliphatic hydroxyl groups is 2. The average molecular weight is 319 g/mol. The molecule has 0 aliphatic heterocycles. The second kappa shape index (κ2) is 7.25. The third kappa shape index (κ3) is 4.72. The van der Waals surface area contributed by atoms with E-state index >= 15 is 0 Å². The van der Waals surface area contributed by atoms with Crippen LogP contribution in [0.2, 0.25) is 0 Å². The molecule has 0 bridgehead atoms. The lowest BCUT2D eigenvalue weighted by molar-refractivity contribution is -0.165. The molecule has 1 aliphatic rings. The number of carboxylic acid groups (broad SMARTS) is 2. The molecule has 9 heteroatoms. The van der Waals surface area contributed by atoms with E-state index in [1.165, 1.54) is 6.07 Å². The van der Waals surface area contributed by atoms with Crippen LogP contribution < -0.4 is 5.73 Å². The summed E-state index contributed by atoms with van der Waals surface area (Å²) in [7, 11) is 0. The average Bonchev–Trinajstić information content (AvgIpc) is 3.17. The van der Waals surface area contributed by atoms with Gasteiger partial charge in [0.2, 0.25) is 0 Å². The number of aliphatic carboxylic acids is 2. The molecule has 0 radical (unpaired) electrons. The van der Waals surface area contributed by atoms with E-state index in [1.807, 2.05) is 0 Å². The second-order valence-electron chi connectivity index (χ2n) is 4.75. The van der Waals surface area contributed by atoms with Crippen molar-refractivity contribution in [3.05, 3.63) is 35.4 Å². The van der Waals surface area contributed by atoms with Crippen LogP contribution in [0.5, 0.6) is 0 Å². The zero-order chi connectivity index (χ0) is 17.0. The third-order valence-electron chi connectivity index (χ3n) is 3.02. The maximum atomic E-state index is 12.7. The molecular weight excluding hydrogens is 304 g/mol. The Balaban J connectivity index is 0.000000225. The molecule has 122 valence electrons. The first kappa shape index (κ1) is 18.0. The van der Waals surface area contributed by atoms with Gasteiger partial charge in [0.15, 0.2) is 23.8 Å². The van der Waals surface area contributed by atoms with Crippen molar-refractivity contribution in [3.8, 4) is 0 Å². The summed E-state index contributed by atoms with van der Waals surface area (Å²) in [6.45, 7) is 0. The normalized spacial score (nSPS) is 22.0. The predicted octanol–water partition coefficient (Wildman–Crippen LogP) is -0.343. The van der Waals surface area contributed by atoms with E-state index in [0.717, 1.165) is 18.1 Å². The minimum atomic E-state index is -2.27. The van der Waals surface area contributed by atoms with Crippen LogP contribution in [0.4, 0.5) is 8.78 Å². The van der Waals surface area contributed by atoms with Crippen LogP contribution in [-0.4, -0.2) is 50.6 Å². The SMILES string of the molecule is NC1CC1c1ccc(F)c(F)c1.O=C(O)C(O)C(O)C(=O)O. The minimum absolute atomic E-state index is 0.134. The third-order valence-corrected chi connectivity index (χ3v) is 3.02. The molecule has 4 atom stereocenters. The molecule has 0 heterocycles. The highest BCUT2D eigenvalue weighted by Gasteiger charge is 2.35. The Hall–Kier alpha value is -2.10. The fourth-order valence-electron chi connectivity index (χ4n) is 1.61. The topological polar surface area (TPSA) is 141 Å². The quantitative estimate of drug-likeness (QED) is 0.511. The Morgan fingerprint density at radius 1 is 1.09 bits per heavy atom. The van der Waals surface area contributed by atoms with Gasteiger partial charge in [-0.2, -0.15) is 0 Å². The van der Waals surface area contributed by atoms with Crippen LogP contribution in [0.25, 0.3) is 0 Å². The number of aliphatic hydroxyl groups excluding tert-OH is 2. The Bertz CT molecular complexity index is 549. The monoisotopic (exact) mass is 319 g/mol. The maximum absolute atomic E-state index is 12.7. The molecule has 6 N–H and O–H groups in total. The van der Waals surface area contributed by atoms with Crippen molar-refractivity contribution >= 4 is 11.9 Å². The van der Waals surface area contributed by atoms with E-state index in [-0.39, 0.29) is 12.0 Å². The van der Waals surface area contributed by atoms with Crippen molar-refractivity contribution in [3.63, 3.8) is 0 Å². The van der Waals surface area contributed by atoms with Crippen molar-refractivity contribution < 1.29 is 38.8 Å². The standard InChI is InChI=1S/C9H9F2N.C4H6O6/c10-7-2-1-5(3-8(7)11)6-4-9(6)12;5-1(3(7)8)2(6)4(9)10/h1-3,6,9H,4,12H2;1-2,5-6H,(H,7,8)(H,9,10). The molecule has 1 fully saturated rings. The molecule has 4 unspecified atom stereocenters. The van der Waals surface area contributed by atoms with Gasteiger partial charge in [-0.05, 0) is 24.1 Å². The number of nitrogens with two attached hydrogens (primary N) is 1. The summed E-state index contributed by atoms with van der Waals surface area (Å²) in [5.41, 5.74) is 6.38. The molecule has 0 spiro atoms. The number of carbonyl (C=O) groups is 2. The molecule has 1 aromatic carbocycles. The molecule has 0 amide bonds.